The molecule has 0 radical (unpaired) electrons. The van der Waals surface area contributed by atoms with Crippen molar-refractivity contribution >= 4 is 5.96 Å². The Morgan fingerprint density at radius 1 is 1.17 bits per heavy atom. The van der Waals surface area contributed by atoms with Gasteiger partial charge in [-0.1, -0.05) is 32.1 Å². The summed E-state index contributed by atoms with van der Waals surface area (Å²) in [7, 11) is 1.81. The van der Waals surface area contributed by atoms with Crippen LogP contribution in [0.25, 0.3) is 0 Å². The number of aliphatic imine (C=N–C) groups is 1. The van der Waals surface area contributed by atoms with E-state index in [1.807, 2.05) is 13.1 Å². The highest BCUT2D eigenvalue weighted by molar-refractivity contribution is 5.80. The second-order valence-corrected chi connectivity index (χ2v) is 6.95. The molecule has 0 saturated heterocycles. The first-order chi connectivity index (χ1) is 11.6. The highest BCUT2D eigenvalue weighted by Crippen LogP contribution is 2.34. The van der Waals surface area contributed by atoms with Crippen molar-refractivity contribution in [3.05, 3.63) is 35.9 Å². The second kappa shape index (κ2) is 7.16. The molecule has 2 aliphatic rings. The van der Waals surface area contributed by atoms with Gasteiger partial charge in [0.2, 0.25) is 0 Å². The lowest BCUT2D eigenvalue weighted by Gasteiger charge is -2.29. The van der Waals surface area contributed by atoms with E-state index in [-0.39, 0.29) is 5.41 Å². The quantitative estimate of drug-likeness (QED) is 0.506. The first kappa shape index (κ1) is 16.7. The van der Waals surface area contributed by atoms with Gasteiger partial charge in [0, 0.05) is 25.0 Å². The van der Waals surface area contributed by atoms with Gasteiger partial charge in [-0.25, -0.2) is 0 Å². The van der Waals surface area contributed by atoms with Crippen molar-refractivity contribution in [1.82, 2.24) is 10.6 Å². The van der Waals surface area contributed by atoms with E-state index >= 15 is 0 Å². The third-order valence-corrected chi connectivity index (χ3v) is 4.59. The summed E-state index contributed by atoms with van der Waals surface area (Å²) in [5, 5.41) is 6.93. The van der Waals surface area contributed by atoms with Crippen molar-refractivity contribution in [2.24, 2.45) is 4.99 Å². The van der Waals surface area contributed by atoms with E-state index in [1.165, 1.54) is 5.56 Å². The van der Waals surface area contributed by atoms with Crippen LogP contribution in [0.4, 0.5) is 0 Å². The minimum absolute atomic E-state index is 0.0542. The minimum atomic E-state index is -0.0542. The Balaban J connectivity index is 1.62. The third kappa shape index (κ3) is 3.83. The number of guanidine groups is 1. The molecule has 1 aliphatic heterocycles. The van der Waals surface area contributed by atoms with Gasteiger partial charge in [0.25, 0.3) is 0 Å². The van der Waals surface area contributed by atoms with Gasteiger partial charge in [0.15, 0.2) is 17.5 Å². The lowest BCUT2D eigenvalue weighted by molar-refractivity contribution is 0.171. The number of benzene rings is 1. The normalized spacial score (nSPS) is 17.9. The predicted octanol–water partition coefficient (Wildman–Crippen LogP) is 2.62. The van der Waals surface area contributed by atoms with Crippen molar-refractivity contribution in [3.8, 4) is 11.5 Å². The molecule has 24 heavy (non-hydrogen) atoms. The molecule has 0 unspecified atom stereocenters. The van der Waals surface area contributed by atoms with Crippen LogP contribution in [-0.2, 0) is 5.41 Å². The van der Waals surface area contributed by atoms with Crippen LogP contribution in [0.15, 0.2) is 35.3 Å². The Hall–Kier alpha value is -2.17. The molecule has 1 aromatic carbocycles. The molecule has 0 aromatic heterocycles. The molecule has 0 bridgehead atoms. The maximum atomic E-state index is 5.71. The molecular weight excluding hydrogens is 302 g/mol. The minimum Gasteiger partial charge on any atom is -0.486 e. The zero-order valence-corrected chi connectivity index (χ0v) is 14.8. The Morgan fingerprint density at radius 2 is 1.88 bits per heavy atom. The summed E-state index contributed by atoms with van der Waals surface area (Å²) in [5.41, 5.74) is 1.17. The van der Waals surface area contributed by atoms with Gasteiger partial charge in [-0.3, -0.25) is 4.99 Å². The molecule has 0 amide bonds. The summed E-state index contributed by atoms with van der Waals surface area (Å²) in [5.74, 6) is 2.53. The Labute approximate surface area is 144 Å². The van der Waals surface area contributed by atoms with Crippen molar-refractivity contribution in [2.45, 2.75) is 38.1 Å². The third-order valence-electron chi connectivity index (χ3n) is 4.59. The van der Waals surface area contributed by atoms with Gasteiger partial charge < -0.3 is 20.1 Å². The fourth-order valence-electron chi connectivity index (χ4n) is 2.99. The second-order valence-electron chi connectivity index (χ2n) is 6.95. The Kier molecular flexibility index (Phi) is 4.97. The summed E-state index contributed by atoms with van der Waals surface area (Å²) >= 11 is 0. The molecule has 1 aliphatic carbocycles. The first-order valence-electron chi connectivity index (χ1n) is 8.61. The van der Waals surface area contributed by atoms with Crippen molar-refractivity contribution in [1.29, 1.82) is 0 Å². The van der Waals surface area contributed by atoms with Crippen LogP contribution in [0, 0.1) is 0 Å². The molecule has 0 fully saturated rings. The lowest BCUT2D eigenvalue weighted by atomic mass is 9.84. The summed E-state index contributed by atoms with van der Waals surface area (Å²) in [6.07, 6.45) is 6.55. The van der Waals surface area contributed by atoms with E-state index in [4.69, 9.17) is 9.47 Å². The largest absolute Gasteiger partial charge is 0.486 e. The number of fused-ring (bicyclic) bond motifs is 1. The van der Waals surface area contributed by atoms with Gasteiger partial charge in [-0.15, -0.1) is 0 Å². The zero-order chi connectivity index (χ0) is 17.0. The van der Waals surface area contributed by atoms with Crippen molar-refractivity contribution < 1.29 is 9.47 Å². The fourth-order valence-corrected chi connectivity index (χ4v) is 2.99. The standard InChI is InChI=1S/C19H27N3O2/c1-19(2,13-21-18(20-3)22-15-6-4-5-7-15)14-8-9-16-17(12-14)24-11-10-23-16/h4-5,8-9,12,15H,6-7,10-11,13H2,1-3H3,(H2,20,21,22). The number of nitrogens with zero attached hydrogens (tertiary/aromatic N) is 1. The average Bonchev–Trinajstić information content (AvgIpc) is 3.11. The summed E-state index contributed by atoms with van der Waals surface area (Å²) in [6.45, 7) is 6.45. The van der Waals surface area contributed by atoms with E-state index in [9.17, 15) is 0 Å². The molecule has 1 heterocycles. The highest BCUT2D eigenvalue weighted by Gasteiger charge is 2.24. The molecule has 0 spiro atoms. The van der Waals surface area contributed by atoms with Gasteiger partial charge in [-0.2, -0.15) is 0 Å². The topological polar surface area (TPSA) is 54.9 Å². The molecule has 3 rings (SSSR count). The van der Waals surface area contributed by atoms with Gasteiger partial charge in [-0.05, 0) is 30.5 Å². The number of hydrogen-bond donors (Lipinski definition) is 2. The van der Waals surface area contributed by atoms with Crippen LogP contribution in [-0.4, -0.2) is 38.8 Å². The van der Waals surface area contributed by atoms with E-state index in [0.29, 0.717) is 19.3 Å². The van der Waals surface area contributed by atoms with Gasteiger partial charge in [0.1, 0.15) is 13.2 Å². The Morgan fingerprint density at radius 3 is 2.58 bits per heavy atom. The average molecular weight is 329 g/mol. The molecule has 130 valence electrons. The van der Waals surface area contributed by atoms with Crippen LogP contribution in [0.2, 0.25) is 0 Å². The zero-order valence-electron chi connectivity index (χ0n) is 14.8. The first-order valence-corrected chi connectivity index (χ1v) is 8.61. The number of ether oxygens (including phenoxy) is 2. The molecule has 5 heteroatoms. The Bertz CT molecular complexity index is 629. The lowest BCUT2D eigenvalue weighted by Crippen LogP contribution is -2.46. The van der Waals surface area contributed by atoms with Crippen LogP contribution in [0.3, 0.4) is 0 Å². The molecular formula is C19H27N3O2. The molecule has 1 aromatic rings. The van der Waals surface area contributed by atoms with Crippen LogP contribution in [0.1, 0.15) is 32.3 Å². The summed E-state index contributed by atoms with van der Waals surface area (Å²) in [4.78, 5) is 4.34. The van der Waals surface area contributed by atoms with E-state index < -0.39 is 0 Å². The van der Waals surface area contributed by atoms with Crippen molar-refractivity contribution in [2.75, 3.05) is 26.8 Å². The van der Waals surface area contributed by atoms with E-state index in [2.05, 4.69) is 53.8 Å². The number of hydrogen-bond acceptors (Lipinski definition) is 3. The molecule has 5 nitrogen and oxygen atoms in total. The number of nitrogens with one attached hydrogen (secondary N) is 2. The predicted molar refractivity (Wildman–Crippen MR) is 97.1 cm³/mol. The number of rotatable bonds is 4. The maximum absolute atomic E-state index is 5.71. The van der Waals surface area contributed by atoms with Crippen LogP contribution in [0.5, 0.6) is 11.5 Å². The van der Waals surface area contributed by atoms with Gasteiger partial charge in [0.05, 0.1) is 0 Å². The summed E-state index contributed by atoms with van der Waals surface area (Å²) in [6, 6.07) is 6.66. The van der Waals surface area contributed by atoms with Gasteiger partial charge >= 0.3 is 0 Å². The van der Waals surface area contributed by atoms with Crippen LogP contribution < -0.4 is 20.1 Å². The SMILES string of the molecule is CN=C(NCC(C)(C)c1ccc2c(c1)OCCO2)NC1CC=CC1. The van der Waals surface area contributed by atoms with E-state index in [1.54, 1.807) is 0 Å². The molecule has 0 atom stereocenters. The fraction of sp³-hybridized carbons (Fsp3) is 0.526. The van der Waals surface area contributed by atoms with Crippen molar-refractivity contribution in [3.63, 3.8) is 0 Å². The smallest absolute Gasteiger partial charge is 0.191 e. The van der Waals surface area contributed by atoms with Crippen LogP contribution >= 0.6 is 0 Å². The van der Waals surface area contributed by atoms with E-state index in [0.717, 1.165) is 36.8 Å². The molecule has 0 saturated carbocycles. The monoisotopic (exact) mass is 329 g/mol. The maximum Gasteiger partial charge on any atom is 0.191 e. The highest BCUT2D eigenvalue weighted by atomic mass is 16.6. The summed E-state index contributed by atoms with van der Waals surface area (Å²) < 4.78 is 11.3. The molecule has 2 N–H and O–H groups in total.